The third-order valence-electron chi connectivity index (χ3n) is 4.56. The third-order valence-corrected chi connectivity index (χ3v) is 5.29. The standard InChI is InChI=1S/C19H22N4OS/c24-19(22(17-6-7-17)13-15-8-11-25-14-15)20-9-3-10-23-18-5-2-1-4-16(18)12-21-23/h1-2,4-5,8,11-12,14,17H,3,6-7,9-10,13H2,(H,20,24). The number of rotatable bonds is 7. The van der Waals surface area contributed by atoms with E-state index in [0.29, 0.717) is 19.1 Å². The molecule has 0 unspecified atom stereocenters. The molecule has 0 aliphatic heterocycles. The predicted octanol–water partition coefficient (Wildman–Crippen LogP) is 3.86. The number of thiophene rings is 1. The number of carbonyl (C=O) groups is 1. The van der Waals surface area contributed by atoms with E-state index in [1.807, 2.05) is 27.9 Å². The molecule has 5 nitrogen and oxygen atoms in total. The lowest BCUT2D eigenvalue weighted by molar-refractivity contribution is 0.192. The number of para-hydroxylation sites is 1. The van der Waals surface area contributed by atoms with Crippen LogP contribution in [-0.4, -0.2) is 33.3 Å². The van der Waals surface area contributed by atoms with E-state index >= 15 is 0 Å². The molecule has 0 saturated heterocycles. The van der Waals surface area contributed by atoms with E-state index in [-0.39, 0.29) is 6.03 Å². The van der Waals surface area contributed by atoms with Crippen molar-refractivity contribution in [3.63, 3.8) is 0 Å². The number of amides is 2. The summed E-state index contributed by atoms with van der Waals surface area (Å²) in [4.78, 5) is 14.5. The molecule has 130 valence electrons. The van der Waals surface area contributed by atoms with Gasteiger partial charge in [0, 0.05) is 31.1 Å². The van der Waals surface area contributed by atoms with Crippen molar-refractivity contribution >= 4 is 28.3 Å². The van der Waals surface area contributed by atoms with Gasteiger partial charge in [-0.25, -0.2) is 4.79 Å². The summed E-state index contributed by atoms with van der Waals surface area (Å²) in [7, 11) is 0. The number of nitrogens with zero attached hydrogens (tertiary/aromatic N) is 3. The van der Waals surface area contributed by atoms with Crippen LogP contribution >= 0.6 is 11.3 Å². The number of aryl methyl sites for hydroxylation is 1. The summed E-state index contributed by atoms with van der Waals surface area (Å²) >= 11 is 1.68. The number of hydrogen-bond acceptors (Lipinski definition) is 3. The summed E-state index contributed by atoms with van der Waals surface area (Å²) < 4.78 is 2.01. The Balaban J connectivity index is 1.28. The monoisotopic (exact) mass is 354 g/mol. The Morgan fingerprint density at radius 2 is 2.20 bits per heavy atom. The molecule has 0 atom stereocenters. The van der Waals surface area contributed by atoms with Crippen LogP contribution in [0.1, 0.15) is 24.8 Å². The molecule has 3 aromatic rings. The second-order valence-electron chi connectivity index (χ2n) is 6.50. The van der Waals surface area contributed by atoms with Gasteiger partial charge in [-0.3, -0.25) is 4.68 Å². The van der Waals surface area contributed by atoms with Gasteiger partial charge in [0.05, 0.1) is 11.7 Å². The molecule has 1 fully saturated rings. The predicted molar refractivity (Wildman–Crippen MR) is 101 cm³/mol. The van der Waals surface area contributed by atoms with E-state index in [1.54, 1.807) is 11.3 Å². The topological polar surface area (TPSA) is 50.2 Å². The summed E-state index contributed by atoms with van der Waals surface area (Å²) in [5.41, 5.74) is 2.36. The molecule has 1 aromatic carbocycles. The van der Waals surface area contributed by atoms with Crippen LogP contribution in [0.2, 0.25) is 0 Å². The fourth-order valence-corrected chi connectivity index (χ4v) is 3.72. The second kappa shape index (κ2) is 7.27. The van der Waals surface area contributed by atoms with E-state index in [4.69, 9.17) is 0 Å². The van der Waals surface area contributed by atoms with Gasteiger partial charge in [-0.05, 0) is 47.7 Å². The molecule has 4 rings (SSSR count). The lowest BCUT2D eigenvalue weighted by atomic mass is 10.2. The summed E-state index contributed by atoms with van der Waals surface area (Å²) in [6, 6.07) is 10.8. The summed E-state index contributed by atoms with van der Waals surface area (Å²) in [6.07, 6.45) is 5.01. The van der Waals surface area contributed by atoms with Crippen molar-refractivity contribution in [3.8, 4) is 0 Å². The van der Waals surface area contributed by atoms with Crippen molar-refractivity contribution < 1.29 is 4.79 Å². The number of fused-ring (bicyclic) bond motifs is 1. The van der Waals surface area contributed by atoms with Crippen molar-refractivity contribution in [2.75, 3.05) is 6.54 Å². The Morgan fingerprint density at radius 3 is 3.00 bits per heavy atom. The van der Waals surface area contributed by atoms with Gasteiger partial charge < -0.3 is 10.2 Å². The molecule has 1 aliphatic rings. The Hall–Kier alpha value is -2.34. The molecular weight excluding hydrogens is 332 g/mol. The zero-order chi connectivity index (χ0) is 17.1. The molecule has 25 heavy (non-hydrogen) atoms. The summed E-state index contributed by atoms with van der Waals surface area (Å²) in [5.74, 6) is 0. The molecule has 2 aromatic heterocycles. The lowest BCUT2D eigenvalue weighted by Crippen LogP contribution is -2.41. The number of aromatic nitrogens is 2. The van der Waals surface area contributed by atoms with E-state index in [2.05, 4.69) is 39.4 Å². The average Bonchev–Trinajstić information content (AvgIpc) is 3.18. The highest BCUT2D eigenvalue weighted by atomic mass is 32.1. The molecule has 1 N–H and O–H groups in total. The Labute approximate surface area is 151 Å². The number of carbonyl (C=O) groups excluding carboxylic acids is 1. The van der Waals surface area contributed by atoms with E-state index < -0.39 is 0 Å². The Bertz CT molecular complexity index is 838. The molecule has 0 radical (unpaired) electrons. The van der Waals surface area contributed by atoms with Gasteiger partial charge in [-0.15, -0.1) is 0 Å². The van der Waals surface area contributed by atoms with Gasteiger partial charge in [-0.1, -0.05) is 18.2 Å². The smallest absolute Gasteiger partial charge is 0.317 e. The minimum atomic E-state index is 0.0547. The minimum absolute atomic E-state index is 0.0547. The highest BCUT2D eigenvalue weighted by Gasteiger charge is 2.32. The van der Waals surface area contributed by atoms with E-state index in [9.17, 15) is 4.79 Å². The molecule has 1 saturated carbocycles. The first-order valence-electron chi connectivity index (χ1n) is 8.77. The molecular formula is C19H22N4OS. The molecule has 2 heterocycles. The average molecular weight is 354 g/mol. The maximum absolute atomic E-state index is 12.5. The highest BCUT2D eigenvalue weighted by molar-refractivity contribution is 7.07. The quantitative estimate of drug-likeness (QED) is 0.655. The van der Waals surface area contributed by atoms with Crippen LogP contribution < -0.4 is 5.32 Å². The van der Waals surface area contributed by atoms with Crippen molar-refractivity contribution in [2.24, 2.45) is 0 Å². The summed E-state index contributed by atoms with van der Waals surface area (Å²) in [5, 5.41) is 12.8. The van der Waals surface area contributed by atoms with Crippen molar-refractivity contribution in [1.29, 1.82) is 0 Å². The number of benzene rings is 1. The summed E-state index contributed by atoms with van der Waals surface area (Å²) in [6.45, 7) is 2.19. The maximum Gasteiger partial charge on any atom is 0.317 e. The third kappa shape index (κ3) is 3.85. The molecule has 1 aliphatic carbocycles. The van der Waals surface area contributed by atoms with Crippen molar-refractivity contribution in [1.82, 2.24) is 20.0 Å². The molecule has 0 spiro atoms. The maximum atomic E-state index is 12.5. The number of urea groups is 1. The largest absolute Gasteiger partial charge is 0.338 e. The highest BCUT2D eigenvalue weighted by Crippen LogP contribution is 2.28. The lowest BCUT2D eigenvalue weighted by Gasteiger charge is -2.22. The van der Waals surface area contributed by atoms with Gasteiger partial charge in [0.2, 0.25) is 0 Å². The Morgan fingerprint density at radius 1 is 1.32 bits per heavy atom. The van der Waals surface area contributed by atoms with Gasteiger partial charge in [0.15, 0.2) is 0 Å². The molecule has 0 bridgehead atoms. The van der Waals surface area contributed by atoms with Gasteiger partial charge in [0.25, 0.3) is 0 Å². The zero-order valence-electron chi connectivity index (χ0n) is 14.1. The minimum Gasteiger partial charge on any atom is -0.338 e. The number of hydrogen-bond donors (Lipinski definition) is 1. The Kier molecular flexibility index (Phi) is 4.70. The van der Waals surface area contributed by atoms with Gasteiger partial charge in [0.1, 0.15) is 0 Å². The normalized spacial score (nSPS) is 13.9. The first-order valence-corrected chi connectivity index (χ1v) is 9.71. The van der Waals surface area contributed by atoms with Crippen LogP contribution in [0.4, 0.5) is 4.79 Å². The van der Waals surface area contributed by atoms with E-state index in [0.717, 1.165) is 36.7 Å². The van der Waals surface area contributed by atoms with E-state index in [1.165, 1.54) is 5.56 Å². The zero-order valence-corrected chi connectivity index (χ0v) is 14.9. The van der Waals surface area contributed by atoms with Crippen LogP contribution in [0.3, 0.4) is 0 Å². The van der Waals surface area contributed by atoms with Crippen LogP contribution in [0.5, 0.6) is 0 Å². The second-order valence-corrected chi connectivity index (χ2v) is 7.28. The van der Waals surface area contributed by atoms with Crippen LogP contribution in [0.15, 0.2) is 47.3 Å². The van der Waals surface area contributed by atoms with Gasteiger partial charge >= 0.3 is 6.03 Å². The van der Waals surface area contributed by atoms with Crippen LogP contribution in [-0.2, 0) is 13.1 Å². The van der Waals surface area contributed by atoms with Crippen molar-refractivity contribution in [3.05, 3.63) is 52.9 Å². The fourth-order valence-electron chi connectivity index (χ4n) is 3.06. The molecule has 6 heteroatoms. The van der Waals surface area contributed by atoms with Crippen molar-refractivity contribution in [2.45, 2.75) is 38.4 Å². The fraction of sp³-hybridized carbons (Fsp3) is 0.368. The molecule has 2 amide bonds. The first-order chi connectivity index (χ1) is 12.3. The first kappa shape index (κ1) is 16.1. The van der Waals surface area contributed by atoms with Crippen LogP contribution in [0, 0.1) is 0 Å². The van der Waals surface area contributed by atoms with Crippen LogP contribution in [0.25, 0.3) is 10.9 Å². The number of nitrogens with one attached hydrogen (secondary N) is 1. The SMILES string of the molecule is O=C(NCCCn1ncc2ccccc21)N(Cc1ccsc1)C1CC1. The van der Waals surface area contributed by atoms with Gasteiger partial charge in [-0.2, -0.15) is 16.4 Å².